The SMILES string of the molecule is O=[N+]([O-])c1ccccc1/C=C/c1ccccc1[N+](=O)[O-]. The van der Waals surface area contributed by atoms with E-state index in [9.17, 15) is 20.2 Å². The minimum atomic E-state index is -0.487. The lowest BCUT2D eigenvalue weighted by molar-refractivity contribution is -0.385. The third kappa shape index (κ3) is 2.86. The van der Waals surface area contributed by atoms with Gasteiger partial charge in [-0.1, -0.05) is 24.3 Å². The maximum absolute atomic E-state index is 10.9. The van der Waals surface area contributed by atoms with Gasteiger partial charge in [-0.2, -0.15) is 0 Å². The van der Waals surface area contributed by atoms with E-state index >= 15 is 0 Å². The summed E-state index contributed by atoms with van der Waals surface area (Å²) in [5, 5.41) is 21.7. The molecule has 20 heavy (non-hydrogen) atoms. The fourth-order valence-electron chi connectivity index (χ4n) is 1.77. The maximum Gasteiger partial charge on any atom is 0.276 e. The van der Waals surface area contributed by atoms with Gasteiger partial charge in [-0.25, -0.2) is 0 Å². The van der Waals surface area contributed by atoms with Gasteiger partial charge < -0.3 is 0 Å². The molecule has 6 nitrogen and oxygen atoms in total. The largest absolute Gasteiger partial charge is 0.276 e. The molecule has 0 atom stereocenters. The number of rotatable bonds is 4. The molecule has 0 radical (unpaired) electrons. The highest BCUT2D eigenvalue weighted by Gasteiger charge is 2.12. The molecule has 2 rings (SSSR count). The van der Waals surface area contributed by atoms with E-state index in [0.717, 1.165) is 0 Å². The number of para-hydroxylation sites is 2. The van der Waals surface area contributed by atoms with Crippen LogP contribution in [0.25, 0.3) is 12.2 Å². The molecule has 0 fully saturated rings. The van der Waals surface area contributed by atoms with E-state index in [4.69, 9.17) is 0 Å². The Bertz CT molecular complexity index is 636. The summed E-state index contributed by atoms with van der Waals surface area (Å²) >= 11 is 0. The summed E-state index contributed by atoms with van der Waals surface area (Å²) in [7, 11) is 0. The predicted molar refractivity (Wildman–Crippen MR) is 75.1 cm³/mol. The van der Waals surface area contributed by atoms with Crippen LogP contribution in [0.4, 0.5) is 11.4 Å². The molecule has 100 valence electrons. The highest BCUT2D eigenvalue weighted by molar-refractivity contribution is 5.77. The molecule has 6 heteroatoms. The standard InChI is InChI=1S/C14H10N2O4/c17-15(18)13-7-3-1-5-11(13)9-10-12-6-2-4-8-14(12)16(19)20/h1-10H/b10-9+. The molecule has 0 heterocycles. The van der Waals surface area contributed by atoms with Crippen molar-refractivity contribution in [1.82, 2.24) is 0 Å². The second-order valence-corrected chi connectivity index (χ2v) is 3.97. The molecule has 0 saturated heterocycles. The average molecular weight is 270 g/mol. The summed E-state index contributed by atoms with van der Waals surface area (Å²) in [6, 6.07) is 12.4. The second kappa shape index (κ2) is 5.75. The first-order valence-corrected chi connectivity index (χ1v) is 5.74. The zero-order valence-electron chi connectivity index (χ0n) is 10.3. The number of hydrogen-bond donors (Lipinski definition) is 0. The van der Waals surface area contributed by atoms with Crippen LogP contribution in [0, 0.1) is 20.2 Å². The van der Waals surface area contributed by atoms with Gasteiger partial charge >= 0.3 is 0 Å². The lowest BCUT2D eigenvalue weighted by atomic mass is 10.1. The fourth-order valence-corrected chi connectivity index (χ4v) is 1.77. The Labute approximate surface area is 114 Å². The first-order chi connectivity index (χ1) is 9.59. The van der Waals surface area contributed by atoms with Crippen LogP contribution in [0.3, 0.4) is 0 Å². The van der Waals surface area contributed by atoms with Gasteiger partial charge in [-0.15, -0.1) is 0 Å². The molecule has 0 N–H and O–H groups in total. The van der Waals surface area contributed by atoms with Crippen molar-refractivity contribution in [2.45, 2.75) is 0 Å². The van der Waals surface area contributed by atoms with Crippen LogP contribution in [0.2, 0.25) is 0 Å². The summed E-state index contributed by atoms with van der Waals surface area (Å²) < 4.78 is 0. The molecule has 0 aliphatic heterocycles. The minimum Gasteiger partial charge on any atom is -0.258 e. The van der Waals surface area contributed by atoms with Gasteiger partial charge in [0.25, 0.3) is 11.4 Å². The van der Waals surface area contributed by atoms with E-state index in [-0.39, 0.29) is 11.4 Å². The Morgan fingerprint density at radius 2 is 1.05 bits per heavy atom. The van der Waals surface area contributed by atoms with Crippen LogP contribution in [0.5, 0.6) is 0 Å². The molecular formula is C14H10N2O4. The highest BCUT2D eigenvalue weighted by Crippen LogP contribution is 2.23. The number of nitro groups is 2. The van der Waals surface area contributed by atoms with Gasteiger partial charge in [-0.05, 0) is 24.3 Å². The van der Waals surface area contributed by atoms with Crippen LogP contribution in [-0.4, -0.2) is 9.85 Å². The van der Waals surface area contributed by atoms with Crippen molar-refractivity contribution in [2.24, 2.45) is 0 Å². The third-order valence-corrected chi connectivity index (χ3v) is 2.71. The summed E-state index contributed by atoms with van der Waals surface area (Å²) in [4.78, 5) is 20.8. The molecule has 0 saturated carbocycles. The van der Waals surface area contributed by atoms with Gasteiger partial charge in [0, 0.05) is 12.1 Å². The van der Waals surface area contributed by atoms with Crippen LogP contribution in [-0.2, 0) is 0 Å². The summed E-state index contributed by atoms with van der Waals surface area (Å²) in [5.74, 6) is 0. The van der Waals surface area contributed by atoms with Crippen molar-refractivity contribution in [3.63, 3.8) is 0 Å². The van der Waals surface area contributed by atoms with Gasteiger partial charge in [0.05, 0.1) is 21.0 Å². The maximum atomic E-state index is 10.9. The molecular weight excluding hydrogens is 260 g/mol. The molecule has 0 amide bonds. The Hall–Kier alpha value is -3.02. The van der Waals surface area contributed by atoms with Crippen molar-refractivity contribution >= 4 is 23.5 Å². The van der Waals surface area contributed by atoms with Crippen molar-refractivity contribution in [1.29, 1.82) is 0 Å². The monoisotopic (exact) mass is 270 g/mol. The second-order valence-electron chi connectivity index (χ2n) is 3.97. The molecule has 2 aromatic rings. The molecule has 0 spiro atoms. The normalized spacial score (nSPS) is 10.6. The van der Waals surface area contributed by atoms with Crippen molar-refractivity contribution in [3.05, 3.63) is 79.9 Å². The van der Waals surface area contributed by atoms with Gasteiger partial charge in [0.2, 0.25) is 0 Å². The molecule has 0 aliphatic rings. The average Bonchev–Trinajstić information content (AvgIpc) is 2.45. The van der Waals surface area contributed by atoms with E-state index in [0.29, 0.717) is 11.1 Å². The van der Waals surface area contributed by atoms with E-state index in [1.807, 2.05) is 0 Å². The molecule has 0 unspecified atom stereocenters. The third-order valence-electron chi connectivity index (χ3n) is 2.71. The highest BCUT2D eigenvalue weighted by atomic mass is 16.6. The van der Waals surface area contributed by atoms with Crippen LogP contribution >= 0.6 is 0 Å². The lowest BCUT2D eigenvalue weighted by Crippen LogP contribution is -1.91. The van der Waals surface area contributed by atoms with Crippen LogP contribution in [0.15, 0.2) is 48.5 Å². The summed E-state index contributed by atoms with van der Waals surface area (Å²) in [6.45, 7) is 0. The predicted octanol–water partition coefficient (Wildman–Crippen LogP) is 3.67. The smallest absolute Gasteiger partial charge is 0.258 e. The van der Waals surface area contributed by atoms with Crippen molar-refractivity contribution < 1.29 is 9.85 Å². The summed E-state index contributed by atoms with van der Waals surface area (Å²) in [5.41, 5.74) is 0.718. The van der Waals surface area contributed by atoms with Gasteiger partial charge in [0.1, 0.15) is 0 Å². The molecule has 0 aliphatic carbocycles. The molecule has 0 bridgehead atoms. The Kier molecular flexibility index (Phi) is 3.85. The zero-order valence-corrected chi connectivity index (χ0v) is 10.3. The Morgan fingerprint density at radius 3 is 1.40 bits per heavy atom. The van der Waals surface area contributed by atoms with Gasteiger partial charge in [-0.3, -0.25) is 20.2 Å². The minimum absolute atomic E-state index is 0.0395. The van der Waals surface area contributed by atoms with E-state index < -0.39 is 9.85 Å². The van der Waals surface area contributed by atoms with Crippen LogP contribution < -0.4 is 0 Å². The number of benzene rings is 2. The van der Waals surface area contributed by atoms with E-state index in [1.165, 1.54) is 24.3 Å². The molecule has 0 aromatic heterocycles. The first kappa shape index (κ1) is 13.4. The number of nitrogens with zero attached hydrogens (tertiary/aromatic N) is 2. The van der Waals surface area contributed by atoms with E-state index in [1.54, 1.807) is 36.4 Å². The molecule has 2 aromatic carbocycles. The number of hydrogen-bond acceptors (Lipinski definition) is 4. The quantitative estimate of drug-likeness (QED) is 0.481. The first-order valence-electron chi connectivity index (χ1n) is 5.74. The number of nitro benzene ring substituents is 2. The Morgan fingerprint density at radius 1 is 0.700 bits per heavy atom. The lowest BCUT2D eigenvalue weighted by Gasteiger charge is -1.98. The van der Waals surface area contributed by atoms with Crippen LogP contribution in [0.1, 0.15) is 11.1 Å². The van der Waals surface area contributed by atoms with Gasteiger partial charge in [0.15, 0.2) is 0 Å². The Balaban J connectivity index is 2.40. The van der Waals surface area contributed by atoms with Crippen molar-refractivity contribution in [3.8, 4) is 0 Å². The topological polar surface area (TPSA) is 86.3 Å². The zero-order chi connectivity index (χ0) is 14.5. The van der Waals surface area contributed by atoms with E-state index in [2.05, 4.69) is 0 Å². The summed E-state index contributed by atoms with van der Waals surface area (Å²) in [6.07, 6.45) is 3.00. The fraction of sp³-hybridized carbons (Fsp3) is 0. The van der Waals surface area contributed by atoms with Crippen molar-refractivity contribution in [2.75, 3.05) is 0 Å².